The van der Waals surface area contributed by atoms with Gasteiger partial charge in [0.25, 0.3) is 0 Å². The van der Waals surface area contributed by atoms with Crippen LogP contribution in [0.15, 0.2) is 12.1 Å². The van der Waals surface area contributed by atoms with Gasteiger partial charge in [0.2, 0.25) is 0 Å². The molecule has 0 aliphatic rings. The van der Waals surface area contributed by atoms with Gasteiger partial charge in [-0.25, -0.2) is 4.79 Å². The van der Waals surface area contributed by atoms with Crippen molar-refractivity contribution in [1.29, 1.82) is 5.26 Å². The molecule has 0 heterocycles. The molecule has 88 valence electrons. The molecule has 0 fully saturated rings. The van der Waals surface area contributed by atoms with Crippen LogP contribution in [0.4, 0.5) is 5.69 Å². The van der Waals surface area contributed by atoms with E-state index in [9.17, 15) is 14.9 Å². The lowest BCUT2D eigenvalue weighted by Crippen LogP contribution is -2.08. The number of hydrogen-bond donors (Lipinski definition) is 0. The molecule has 17 heavy (non-hydrogen) atoms. The van der Waals surface area contributed by atoms with Crippen molar-refractivity contribution in [3.8, 4) is 6.07 Å². The van der Waals surface area contributed by atoms with Crippen molar-refractivity contribution in [2.24, 2.45) is 0 Å². The summed E-state index contributed by atoms with van der Waals surface area (Å²) in [5, 5.41) is 19.8. The van der Waals surface area contributed by atoms with E-state index in [4.69, 9.17) is 16.9 Å². The highest BCUT2D eigenvalue weighted by Gasteiger charge is 2.27. The zero-order chi connectivity index (χ0) is 13.0. The zero-order valence-electron chi connectivity index (χ0n) is 8.77. The van der Waals surface area contributed by atoms with Crippen molar-refractivity contribution >= 4 is 23.3 Å². The normalized spacial score (nSPS) is 9.47. The van der Waals surface area contributed by atoms with Crippen LogP contribution in [0.25, 0.3) is 0 Å². The second-order valence-corrected chi connectivity index (χ2v) is 3.26. The number of esters is 1. The van der Waals surface area contributed by atoms with Crippen molar-refractivity contribution in [1.82, 2.24) is 0 Å². The summed E-state index contributed by atoms with van der Waals surface area (Å²) >= 11 is 5.56. The number of benzene rings is 1. The highest BCUT2D eigenvalue weighted by Crippen LogP contribution is 2.28. The number of carbonyl (C=O) groups is 1. The third kappa shape index (κ3) is 2.34. The number of ether oxygens (including phenoxy) is 1. The Morgan fingerprint density at radius 2 is 2.29 bits per heavy atom. The van der Waals surface area contributed by atoms with Crippen molar-refractivity contribution in [3.63, 3.8) is 0 Å². The summed E-state index contributed by atoms with van der Waals surface area (Å²) in [5.74, 6) is -0.917. The topological polar surface area (TPSA) is 93.2 Å². The first-order chi connectivity index (χ1) is 8.06. The van der Waals surface area contributed by atoms with Gasteiger partial charge in [0.15, 0.2) is 0 Å². The van der Waals surface area contributed by atoms with Crippen LogP contribution in [0.2, 0.25) is 0 Å². The minimum Gasteiger partial charge on any atom is -0.465 e. The Kier molecular flexibility index (Phi) is 4.01. The summed E-state index contributed by atoms with van der Waals surface area (Å²) in [7, 11) is 1.10. The van der Waals surface area contributed by atoms with E-state index in [1.54, 1.807) is 6.07 Å². The summed E-state index contributed by atoms with van der Waals surface area (Å²) in [6, 6.07) is 4.30. The standard InChI is InChI=1S/C10H7ClN2O4/c1-17-10(14)7-3-2-6(4-11)8(5-12)9(7)13(15)16/h2-3H,4H2,1H3. The summed E-state index contributed by atoms with van der Waals surface area (Å²) in [6.07, 6.45) is 0. The van der Waals surface area contributed by atoms with Crippen LogP contribution in [-0.4, -0.2) is 18.0 Å². The number of nitro benzene ring substituents is 1. The molecule has 1 aromatic rings. The maximum atomic E-state index is 11.3. The number of halogens is 1. The molecule has 0 aliphatic heterocycles. The van der Waals surface area contributed by atoms with Gasteiger partial charge in [0.1, 0.15) is 17.2 Å². The van der Waals surface area contributed by atoms with E-state index in [-0.39, 0.29) is 17.0 Å². The average molecular weight is 255 g/mol. The fourth-order valence-electron chi connectivity index (χ4n) is 1.33. The van der Waals surface area contributed by atoms with Gasteiger partial charge in [0.05, 0.1) is 12.0 Å². The van der Waals surface area contributed by atoms with Gasteiger partial charge in [0, 0.05) is 5.88 Å². The van der Waals surface area contributed by atoms with Gasteiger partial charge in [-0.05, 0) is 11.6 Å². The first kappa shape index (κ1) is 12.9. The minimum absolute atomic E-state index is 0.0504. The Hall–Kier alpha value is -2.13. The van der Waals surface area contributed by atoms with E-state index in [0.29, 0.717) is 5.56 Å². The molecule has 0 amide bonds. The van der Waals surface area contributed by atoms with Crippen LogP contribution >= 0.6 is 11.6 Å². The molecule has 0 radical (unpaired) electrons. The van der Waals surface area contributed by atoms with Crippen molar-refractivity contribution in [3.05, 3.63) is 38.9 Å². The fraction of sp³-hybridized carbons (Fsp3) is 0.200. The number of carbonyl (C=O) groups excluding carboxylic acids is 1. The number of alkyl halides is 1. The molecule has 7 heteroatoms. The minimum atomic E-state index is -0.866. The summed E-state index contributed by atoms with van der Waals surface area (Å²) in [5.41, 5.74) is -0.748. The number of nitriles is 1. The Labute approximate surface area is 102 Å². The number of methoxy groups -OCH3 is 1. The Balaban J connectivity index is 3.60. The highest BCUT2D eigenvalue weighted by atomic mass is 35.5. The quantitative estimate of drug-likeness (QED) is 0.356. The predicted molar refractivity (Wildman–Crippen MR) is 58.7 cm³/mol. The highest BCUT2D eigenvalue weighted by molar-refractivity contribution is 6.17. The summed E-state index contributed by atoms with van der Waals surface area (Å²) < 4.78 is 4.41. The number of hydrogen-bond acceptors (Lipinski definition) is 5. The van der Waals surface area contributed by atoms with Crippen LogP contribution in [0.1, 0.15) is 21.5 Å². The average Bonchev–Trinajstić information content (AvgIpc) is 2.35. The smallest absolute Gasteiger partial charge is 0.344 e. The summed E-state index contributed by atoms with van der Waals surface area (Å²) in [6.45, 7) is 0. The number of nitro groups is 1. The first-order valence-electron chi connectivity index (χ1n) is 4.41. The number of nitrogens with zero attached hydrogens (tertiary/aromatic N) is 2. The van der Waals surface area contributed by atoms with Crippen molar-refractivity contribution in [2.75, 3.05) is 7.11 Å². The molecule has 0 aromatic heterocycles. The largest absolute Gasteiger partial charge is 0.465 e. The Morgan fingerprint density at radius 1 is 1.65 bits per heavy atom. The lowest BCUT2D eigenvalue weighted by Gasteiger charge is -2.05. The van der Waals surface area contributed by atoms with Crippen molar-refractivity contribution in [2.45, 2.75) is 5.88 Å². The zero-order valence-corrected chi connectivity index (χ0v) is 9.52. The third-order valence-electron chi connectivity index (χ3n) is 2.11. The molecule has 0 aliphatic carbocycles. The predicted octanol–water partition coefficient (Wildman–Crippen LogP) is 1.99. The van der Waals surface area contributed by atoms with E-state index in [0.717, 1.165) is 7.11 Å². The molecule has 0 bridgehead atoms. The molecule has 0 atom stereocenters. The van der Waals surface area contributed by atoms with Gasteiger partial charge in [-0.2, -0.15) is 5.26 Å². The molecule has 0 saturated carbocycles. The van der Waals surface area contributed by atoms with E-state index < -0.39 is 16.6 Å². The molecule has 6 nitrogen and oxygen atoms in total. The second kappa shape index (κ2) is 5.27. The van der Waals surface area contributed by atoms with E-state index in [1.807, 2.05) is 0 Å². The molecule has 0 unspecified atom stereocenters. The fourth-order valence-corrected chi connectivity index (χ4v) is 1.56. The molecular weight excluding hydrogens is 248 g/mol. The van der Waals surface area contributed by atoms with Crippen LogP contribution in [0.5, 0.6) is 0 Å². The van der Waals surface area contributed by atoms with Crippen LogP contribution in [0, 0.1) is 21.4 Å². The summed E-state index contributed by atoms with van der Waals surface area (Å²) in [4.78, 5) is 21.4. The molecular formula is C10H7ClN2O4. The van der Waals surface area contributed by atoms with E-state index >= 15 is 0 Å². The van der Waals surface area contributed by atoms with Crippen LogP contribution in [-0.2, 0) is 10.6 Å². The van der Waals surface area contributed by atoms with Crippen molar-refractivity contribution < 1.29 is 14.5 Å². The van der Waals surface area contributed by atoms with Crippen LogP contribution < -0.4 is 0 Å². The number of rotatable bonds is 3. The maximum absolute atomic E-state index is 11.3. The van der Waals surface area contributed by atoms with Gasteiger partial charge in [-0.15, -0.1) is 11.6 Å². The van der Waals surface area contributed by atoms with Gasteiger partial charge >= 0.3 is 11.7 Å². The molecule has 1 rings (SSSR count). The molecule has 0 N–H and O–H groups in total. The second-order valence-electron chi connectivity index (χ2n) is 2.99. The molecule has 0 spiro atoms. The lowest BCUT2D eigenvalue weighted by molar-refractivity contribution is -0.385. The van der Waals surface area contributed by atoms with Gasteiger partial charge in [-0.1, -0.05) is 6.07 Å². The van der Waals surface area contributed by atoms with Gasteiger partial charge in [-0.3, -0.25) is 10.1 Å². The molecule has 1 aromatic carbocycles. The monoisotopic (exact) mass is 254 g/mol. The lowest BCUT2D eigenvalue weighted by atomic mass is 10.0. The first-order valence-corrected chi connectivity index (χ1v) is 4.94. The Morgan fingerprint density at radius 3 is 2.71 bits per heavy atom. The third-order valence-corrected chi connectivity index (χ3v) is 2.40. The van der Waals surface area contributed by atoms with Crippen LogP contribution in [0.3, 0.4) is 0 Å². The molecule has 0 saturated heterocycles. The Bertz CT molecular complexity index is 522. The van der Waals surface area contributed by atoms with Gasteiger partial charge < -0.3 is 4.74 Å². The maximum Gasteiger partial charge on any atom is 0.344 e. The SMILES string of the molecule is COC(=O)c1ccc(CCl)c(C#N)c1[N+](=O)[O-]. The van der Waals surface area contributed by atoms with E-state index in [1.165, 1.54) is 12.1 Å². The van der Waals surface area contributed by atoms with E-state index in [2.05, 4.69) is 4.74 Å².